The van der Waals surface area contributed by atoms with E-state index in [1.54, 1.807) is 12.1 Å². The number of hydrogen-bond acceptors (Lipinski definition) is 3. The van der Waals surface area contributed by atoms with E-state index in [2.05, 4.69) is 5.32 Å². The summed E-state index contributed by atoms with van der Waals surface area (Å²) >= 11 is 0. The van der Waals surface area contributed by atoms with Gasteiger partial charge in [0.05, 0.1) is 24.9 Å². The minimum atomic E-state index is -4.48. The fourth-order valence-electron chi connectivity index (χ4n) is 2.99. The van der Waals surface area contributed by atoms with Gasteiger partial charge in [0.2, 0.25) is 0 Å². The molecule has 0 radical (unpaired) electrons. The number of aryl methyl sites for hydroxylation is 1. The predicted octanol–water partition coefficient (Wildman–Crippen LogP) is 4.48. The summed E-state index contributed by atoms with van der Waals surface area (Å²) in [4.78, 5) is 25.4. The van der Waals surface area contributed by atoms with Crippen molar-refractivity contribution in [3.05, 3.63) is 93.4 Å². The second kappa shape index (κ2) is 8.44. The molecule has 0 aliphatic carbocycles. The number of anilines is 1. The van der Waals surface area contributed by atoms with Crippen molar-refractivity contribution in [2.75, 3.05) is 12.4 Å². The summed E-state index contributed by atoms with van der Waals surface area (Å²) in [5.41, 5.74) is 0.0571. The van der Waals surface area contributed by atoms with Gasteiger partial charge in [0.1, 0.15) is 11.3 Å². The molecule has 3 rings (SSSR count). The zero-order valence-electron chi connectivity index (χ0n) is 16.3. The maximum atomic E-state index is 12.9. The van der Waals surface area contributed by atoms with Gasteiger partial charge in [-0.15, -0.1) is 0 Å². The smallest absolute Gasteiger partial charge is 0.416 e. The summed E-state index contributed by atoms with van der Waals surface area (Å²) in [7, 11) is 1.46. The van der Waals surface area contributed by atoms with Crippen LogP contribution in [0.15, 0.2) is 65.6 Å². The first-order valence-corrected chi connectivity index (χ1v) is 9.00. The molecule has 1 N–H and O–H groups in total. The van der Waals surface area contributed by atoms with Crippen LogP contribution in [0.5, 0.6) is 5.75 Å². The van der Waals surface area contributed by atoms with Crippen LogP contribution in [0.2, 0.25) is 0 Å². The molecule has 0 spiro atoms. The van der Waals surface area contributed by atoms with Crippen molar-refractivity contribution in [2.45, 2.75) is 19.6 Å². The van der Waals surface area contributed by atoms with Gasteiger partial charge < -0.3 is 14.6 Å². The van der Waals surface area contributed by atoms with Gasteiger partial charge in [-0.2, -0.15) is 13.2 Å². The molecule has 8 heteroatoms. The molecule has 0 atom stereocenters. The molecule has 0 unspecified atom stereocenters. The monoisotopic (exact) mass is 416 g/mol. The number of pyridine rings is 1. The number of carbonyl (C=O) groups excluding carboxylic acids is 1. The van der Waals surface area contributed by atoms with Crippen molar-refractivity contribution < 1.29 is 22.7 Å². The molecule has 0 aliphatic rings. The van der Waals surface area contributed by atoms with E-state index in [-0.39, 0.29) is 12.1 Å². The third-order valence-electron chi connectivity index (χ3n) is 4.48. The van der Waals surface area contributed by atoms with E-state index in [0.717, 1.165) is 17.7 Å². The van der Waals surface area contributed by atoms with Gasteiger partial charge in [-0.1, -0.05) is 18.2 Å². The second-order valence-corrected chi connectivity index (χ2v) is 6.71. The normalized spacial score (nSPS) is 11.2. The lowest BCUT2D eigenvalue weighted by Gasteiger charge is -2.13. The highest BCUT2D eigenvalue weighted by atomic mass is 19.4. The largest absolute Gasteiger partial charge is 0.495 e. The number of ether oxygens (including phenoxy) is 1. The average molecular weight is 416 g/mol. The third-order valence-corrected chi connectivity index (χ3v) is 4.48. The van der Waals surface area contributed by atoms with E-state index < -0.39 is 23.2 Å². The maximum Gasteiger partial charge on any atom is 0.416 e. The topological polar surface area (TPSA) is 60.3 Å². The van der Waals surface area contributed by atoms with Crippen LogP contribution < -0.4 is 15.6 Å². The van der Waals surface area contributed by atoms with Gasteiger partial charge in [-0.05, 0) is 54.4 Å². The number of carbonyl (C=O) groups is 1. The predicted molar refractivity (Wildman–Crippen MR) is 107 cm³/mol. The Morgan fingerprint density at radius 2 is 1.87 bits per heavy atom. The molecular weight excluding hydrogens is 397 g/mol. The number of alkyl halides is 3. The lowest BCUT2D eigenvalue weighted by Crippen LogP contribution is -2.29. The third kappa shape index (κ3) is 4.71. The van der Waals surface area contributed by atoms with Crippen LogP contribution in [0.25, 0.3) is 0 Å². The van der Waals surface area contributed by atoms with Crippen molar-refractivity contribution >= 4 is 11.6 Å². The molecule has 156 valence electrons. The Hall–Kier alpha value is -3.55. The van der Waals surface area contributed by atoms with Crippen molar-refractivity contribution in [3.8, 4) is 5.75 Å². The summed E-state index contributed by atoms with van der Waals surface area (Å²) in [6.07, 6.45) is -3.05. The van der Waals surface area contributed by atoms with E-state index in [1.807, 2.05) is 13.0 Å². The van der Waals surface area contributed by atoms with Crippen molar-refractivity contribution in [1.29, 1.82) is 0 Å². The minimum Gasteiger partial charge on any atom is -0.495 e. The van der Waals surface area contributed by atoms with E-state index >= 15 is 0 Å². The lowest BCUT2D eigenvalue weighted by atomic mass is 10.1. The highest BCUT2D eigenvalue weighted by Crippen LogP contribution is 2.29. The summed E-state index contributed by atoms with van der Waals surface area (Å²) in [6, 6.07) is 12.8. The number of halogens is 3. The van der Waals surface area contributed by atoms with Crippen LogP contribution in [-0.4, -0.2) is 17.6 Å². The fraction of sp³-hybridized carbons (Fsp3) is 0.182. The Balaban J connectivity index is 1.88. The van der Waals surface area contributed by atoms with Crippen molar-refractivity contribution in [3.63, 3.8) is 0 Å². The first-order chi connectivity index (χ1) is 14.2. The van der Waals surface area contributed by atoms with E-state index in [9.17, 15) is 22.8 Å². The Morgan fingerprint density at radius 1 is 1.10 bits per heavy atom. The summed E-state index contributed by atoms with van der Waals surface area (Å²) in [5.74, 6) is -0.198. The summed E-state index contributed by atoms with van der Waals surface area (Å²) in [5, 5.41) is 2.65. The molecule has 0 bridgehead atoms. The van der Waals surface area contributed by atoms with Gasteiger partial charge in [0.15, 0.2) is 0 Å². The molecule has 0 saturated carbocycles. The molecule has 2 aromatic carbocycles. The molecule has 1 aromatic heterocycles. The fourth-order valence-corrected chi connectivity index (χ4v) is 2.99. The van der Waals surface area contributed by atoms with E-state index in [0.29, 0.717) is 17.0 Å². The number of hydrogen-bond donors (Lipinski definition) is 1. The highest BCUT2D eigenvalue weighted by molar-refractivity contribution is 6.04. The SMILES string of the molecule is COc1ccc(C)cc1NC(=O)c1cccn(Cc2cccc(C(F)(F)F)c2)c1=O. The second-order valence-electron chi connectivity index (χ2n) is 6.71. The van der Waals surface area contributed by atoms with Crippen LogP contribution in [0.4, 0.5) is 18.9 Å². The lowest BCUT2D eigenvalue weighted by molar-refractivity contribution is -0.137. The Morgan fingerprint density at radius 3 is 2.57 bits per heavy atom. The zero-order chi connectivity index (χ0) is 21.9. The molecule has 3 aromatic rings. The quantitative estimate of drug-likeness (QED) is 0.667. The van der Waals surface area contributed by atoms with E-state index in [4.69, 9.17) is 4.74 Å². The first kappa shape index (κ1) is 21.2. The molecule has 1 amide bonds. The van der Waals surface area contributed by atoms with Gasteiger partial charge in [-0.25, -0.2) is 0 Å². The van der Waals surface area contributed by atoms with Crippen LogP contribution in [0.3, 0.4) is 0 Å². The molecule has 1 heterocycles. The first-order valence-electron chi connectivity index (χ1n) is 9.00. The molecule has 0 fully saturated rings. The van der Waals surface area contributed by atoms with Crippen LogP contribution in [-0.2, 0) is 12.7 Å². The number of rotatable bonds is 5. The molecule has 5 nitrogen and oxygen atoms in total. The molecule has 0 saturated heterocycles. The van der Waals surface area contributed by atoms with Gasteiger partial charge in [0.25, 0.3) is 11.5 Å². The van der Waals surface area contributed by atoms with Crippen molar-refractivity contribution in [1.82, 2.24) is 4.57 Å². The Bertz CT molecular complexity index is 1140. The summed E-state index contributed by atoms with van der Waals surface area (Å²) in [6.45, 7) is 1.75. The minimum absolute atomic E-state index is 0.0996. The number of amides is 1. The molecule has 0 aliphatic heterocycles. The average Bonchev–Trinajstić information content (AvgIpc) is 2.69. The summed E-state index contributed by atoms with van der Waals surface area (Å²) < 4.78 is 45.2. The van der Waals surface area contributed by atoms with Crippen LogP contribution in [0.1, 0.15) is 27.0 Å². The van der Waals surface area contributed by atoms with Gasteiger partial charge in [0, 0.05) is 6.20 Å². The van der Waals surface area contributed by atoms with Crippen molar-refractivity contribution in [2.24, 2.45) is 0 Å². The Labute approximate surface area is 170 Å². The van der Waals surface area contributed by atoms with Gasteiger partial charge >= 0.3 is 6.18 Å². The number of nitrogens with one attached hydrogen (secondary N) is 1. The highest BCUT2D eigenvalue weighted by Gasteiger charge is 2.30. The number of nitrogens with zero attached hydrogens (tertiary/aromatic N) is 1. The van der Waals surface area contributed by atoms with Gasteiger partial charge in [-0.3, -0.25) is 9.59 Å². The number of methoxy groups -OCH3 is 1. The molecular formula is C22H19F3N2O3. The standard InChI is InChI=1S/C22H19F3N2O3/c1-14-8-9-19(30-2)18(11-14)26-20(28)17-7-4-10-27(21(17)29)13-15-5-3-6-16(12-15)22(23,24)25/h3-12H,13H2,1-2H3,(H,26,28). The Kier molecular flexibility index (Phi) is 5.96. The number of aromatic nitrogens is 1. The van der Waals surface area contributed by atoms with Crippen LogP contribution >= 0.6 is 0 Å². The number of benzene rings is 2. The molecule has 30 heavy (non-hydrogen) atoms. The zero-order valence-corrected chi connectivity index (χ0v) is 16.3. The maximum absolute atomic E-state index is 12.9. The van der Waals surface area contributed by atoms with E-state index in [1.165, 1.54) is 42.1 Å². The van der Waals surface area contributed by atoms with Crippen LogP contribution in [0, 0.1) is 6.92 Å².